The fourth-order valence-corrected chi connectivity index (χ4v) is 1.98. The highest BCUT2D eigenvalue weighted by molar-refractivity contribution is 5.87. The van der Waals surface area contributed by atoms with Gasteiger partial charge < -0.3 is 21.1 Å². The van der Waals surface area contributed by atoms with Gasteiger partial charge in [0.15, 0.2) is 0 Å². The summed E-state index contributed by atoms with van der Waals surface area (Å²) < 4.78 is 6.62. The van der Waals surface area contributed by atoms with Gasteiger partial charge in [0.05, 0.1) is 0 Å². The van der Waals surface area contributed by atoms with E-state index in [9.17, 15) is 9.59 Å². The molecule has 2 aromatic rings. The van der Waals surface area contributed by atoms with Crippen LogP contribution in [-0.4, -0.2) is 27.3 Å². The van der Waals surface area contributed by atoms with Crippen molar-refractivity contribution < 1.29 is 14.3 Å². The zero-order valence-electron chi connectivity index (χ0n) is 13.9. The Kier molecular flexibility index (Phi) is 5.08. The molecule has 0 radical (unpaired) electrons. The van der Waals surface area contributed by atoms with Gasteiger partial charge in [0, 0.05) is 24.6 Å². The van der Waals surface area contributed by atoms with E-state index in [0.717, 1.165) is 5.56 Å². The maximum atomic E-state index is 12.1. The Balaban J connectivity index is 2.04. The second kappa shape index (κ2) is 7.03. The molecular formula is C16H21N5O3. The number of rotatable bonds is 4. The van der Waals surface area contributed by atoms with Crippen LogP contribution >= 0.6 is 0 Å². The lowest BCUT2D eigenvalue weighted by atomic mass is 10.2. The molecule has 0 unspecified atom stereocenters. The van der Waals surface area contributed by atoms with E-state index in [1.165, 1.54) is 17.0 Å². The van der Waals surface area contributed by atoms with Crippen molar-refractivity contribution in [2.45, 2.75) is 32.9 Å². The molecule has 1 aromatic heterocycles. The summed E-state index contributed by atoms with van der Waals surface area (Å²) in [6.45, 7) is 5.80. The first-order chi connectivity index (χ1) is 11.2. The molecule has 0 saturated heterocycles. The molecule has 0 aliphatic heterocycles. The van der Waals surface area contributed by atoms with Crippen LogP contribution in [0.5, 0.6) is 0 Å². The predicted octanol–water partition coefficient (Wildman–Crippen LogP) is 2.77. The van der Waals surface area contributed by atoms with Gasteiger partial charge in [-0.1, -0.05) is 12.1 Å². The van der Waals surface area contributed by atoms with Crippen LogP contribution in [0, 0.1) is 0 Å². The molecule has 0 atom stereocenters. The molecule has 0 bridgehead atoms. The predicted molar refractivity (Wildman–Crippen MR) is 90.8 cm³/mol. The number of carbonyl (C=O) groups is 2. The van der Waals surface area contributed by atoms with Gasteiger partial charge in [-0.2, -0.15) is 0 Å². The summed E-state index contributed by atoms with van der Waals surface area (Å²) in [5, 5.41) is 5.57. The van der Waals surface area contributed by atoms with Crippen molar-refractivity contribution in [2.75, 3.05) is 10.6 Å². The Morgan fingerprint density at radius 2 is 2.08 bits per heavy atom. The van der Waals surface area contributed by atoms with Crippen LogP contribution in [0.3, 0.4) is 0 Å². The molecule has 1 aromatic carbocycles. The highest BCUT2D eigenvalue weighted by Gasteiger charge is 2.19. The fourth-order valence-electron chi connectivity index (χ4n) is 1.98. The summed E-state index contributed by atoms with van der Waals surface area (Å²) in [6.07, 6.45) is 2.53. The van der Waals surface area contributed by atoms with Gasteiger partial charge >= 0.3 is 12.1 Å². The number of imidazole rings is 1. The molecule has 128 valence electrons. The number of primary amides is 1. The standard InChI is InChI=1S/C16H21N5O3/c1-16(2,3)24-15(23)21-8-7-18-14(21)19-10-11-5-4-6-12(9-11)20-13(17)22/h4-9H,10H2,1-3H3,(H,18,19)(H3,17,20,22). The van der Waals surface area contributed by atoms with Crippen molar-refractivity contribution in [1.29, 1.82) is 0 Å². The third-order valence-corrected chi connectivity index (χ3v) is 2.88. The van der Waals surface area contributed by atoms with E-state index >= 15 is 0 Å². The first kappa shape index (κ1) is 17.3. The van der Waals surface area contributed by atoms with Gasteiger partial charge in [0.2, 0.25) is 5.95 Å². The van der Waals surface area contributed by atoms with Gasteiger partial charge in [-0.05, 0) is 38.5 Å². The van der Waals surface area contributed by atoms with E-state index in [4.69, 9.17) is 10.5 Å². The molecule has 2 amide bonds. The summed E-state index contributed by atoms with van der Waals surface area (Å²) in [7, 11) is 0. The average Bonchev–Trinajstić information content (AvgIpc) is 2.91. The number of hydrogen-bond acceptors (Lipinski definition) is 5. The monoisotopic (exact) mass is 331 g/mol. The summed E-state index contributed by atoms with van der Waals surface area (Å²) in [6, 6.07) is 6.55. The molecule has 4 N–H and O–H groups in total. The van der Waals surface area contributed by atoms with Crippen LogP contribution in [0.2, 0.25) is 0 Å². The van der Waals surface area contributed by atoms with Crippen molar-refractivity contribution in [3.05, 3.63) is 42.2 Å². The summed E-state index contributed by atoms with van der Waals surface area (Å²) in [5.74, 6) is 0.373. The smallest absolute Gasteiger partial charge is 0.421 e. The van der Waals surface area contributed by atoms with Crippen LogP contribution in [0.4, 0.5) is 21.2 Å². The minimum Gasteiger partial charge on any atom is -0.443 e. The zero-order chi connectivity index (χ0) is 17.7. The maximum Gasteiger partial charge on any atom is 0.421 e. The quantitative estimate of drug-likeness (QED) is 0.797. The molecule has 0 fully saturated rings. The SMILES string of the molecule is CC(C)(C)OC(=O)n1ccnc1NCc1cccc(NC(N)=O)c1. The van der Waals surface area contributed by atoms with E-state index in [2.05, 4.69) is 15.6 Å². The number of aromatic nitrogens is 2. The highest BCUT2D eigenvalue weighted by atomic mass is 16.6. The molecular weight excluding hydrogens is 310 g/mol. The number of benzene rings is 1. The summed E-state index contributed by atoms with van der Waals surface area (Å²) in [4.78, 5) is 27.1. The normalized spacial score (nSPS) is 11.0. The Morgan fingerprint density at radius 1 is 1.33 bits per heavy atom. The van der Waals surface area contributed by atoms with Crippen LogP contribution in [0.15, 0.2) is 36.7 Å². The van der Waals surface area contributed by atoms with Crippen LogP contribution in [0.25, 0.3) is 0 Å². The van der Waals surface area contributed by atoms with Crippen LogP contribution < -0.4 is 16.4 Å². The minimum absolute atomic E-state index is 0.373. The third-order valence-electron chi connectivity index (χ3n) is 2.88. The van der Waals surface area contributed by atoms with Crippen LogP contribution in [-0.2, 0) is 11.3 Å². The number of carbonyl (C=O) groups excluding carboxylic acids is 2. The van der Waals surface area contributed by atoms with Crippen molar-refractivity contribution in [2.24, 2.45) is 5.73 Å². The second-order valence-electron chi connectivity index (χ2n) is 6.14. The lowest BCUT2D eigenvalue weighted by Crippen LogP contribution is -2.27. The first-order valence-electron chi connectivity index (χ1n) is 7.40. The average molecular weight is 331 g/mol. The maximum absolute atomic E-state index is 12.1. The Bertz CT molecular complexity index is 733. The number of anilines is 2. The van der Waals surface area contributed by atoms with Gasteiger partial charge in [0.1, 0.15) is 5.60 Å². The van der Waals surface area contributed by atoms with E-state index in [0.29, 0.717) is 18.2 Å². The molecule has 1 heterocycles. The van der Waals surface area contributed by atoms with Gasteiger partial charge in [-0.15, -0.1) is 0 Å². The van der Waals surface area contributed by atoms with Gasteiger partial charge in [-0.3, -0.25) is 0 Å². The minimum atomic E-state index is -0.624. The summed E-state index contributed by atoms with van der Waals surface area (Å²) in [5.41, 5.74) is 5.99. The fraction of sp³-hybridized carbons (Fsp3) is 0.312. The van der Waals surface area contributed by atoms with Crippen molar-refractivity contribution in [3.8, 4) is 0 Å². The zero-order valence-corrected chi connectivity index (χ0v) is 13.9. The number of ether oxygens (including phenoxy) is 1. The molecule has 24 heavy (non-hydrogen) atoms. The molecule has 8 nitrogen and oxygen atoms in total. The molecule has 0 spiro atoms. The van der Waals surface area contributed by atoms with Crippen molar-refractivity contribution >= 4 is 23.8 Å². The lowest BCUT2D eigenvalue weighted by Gasteiger charge is -2.20. The van der Waals surface area contributed by atoms with E-state index < -0.39 is 17.7 Å². The van der Waals surface area contributed by atoms with Gasteiger partial charge in [0.25, 0.3) is 0 Å². The Morgan fingerprint density at radius 3 is 2.75 bits per heavy atom. The largest absolute Gasteiger partial charge is 0.443 e. The number of hydrogen-bond donors (Lipinski definition) is 3. The van der Waals surface area contributed by atoms with Crippen molar-refractivity contribution in [1.82, 2.24) is 9.55 Å². The highest BCUT2D eigenvalue weighted by Crippen LogP contribution is 2.15. The number of urea groups is 1. The topological polar surface area (TPSA) is 111 Å². The summed E-state index contributed by atoms with van der Waals surface area (Å²) >= 11 is 0. The third kappa shape index (κ3) is 5.01. The molecule has 0 aliphatic carbocycles. The molecule has 8 heteroatoms. The molecule has 0 aliphatic rings. The van der Waals surface area contributed by atoms with E-state index in [1.54, 1.807) is 39.0 Å². The second-order valence-corrected chi connectivity index (χ2v) is 6.14. The Labute approximate surface area is 140 Å². The van der Waals surface area contributed by atoms with E-state index in [-0.39, 0.29) is 0 Å². The Hall–Kier alpha value is -3.03. The molecule has 0 saturated carbocycles. The number of nitrogens with one attached hydrogen (secondary N) is 2. The first-order valence-corrected chi connectivity index (χ1v) is 7.40. The van der Waals surface area contributed by atoms with Crippen LogP contribution in [0.1, 0.15) is 26.3 Å². The number of nitrogens with two attached hydrogens (primary N) is 1. The number of nitrogens with zero attached hydrogens (tertiary/aromatic N) is 2. The molecule has 2 rings (SSSR count). The van der Waals surface area contributed by atoms with Gasteiger partial charge in [-0.25, -0.2) is 19.1 Å². The van der Waals surface area contributed by atoms with E-state index in [1.807, 2.05) is 6.07 Å². The van der Waals surface area contributed by atoms with Crippen molar-refractivity contribution in [3.63, 3.8) is 0 Å². The number of amides is 2. The lowest BCUT2D eigenvalue weighted by molar-refractivity contribution is 0.0540.